The maximum atomic E-state index is 13.5. The van der Waals surface area contributed by atoms with Gasteiger partial charge in [0.25, 0.3) is 5.91 Å². The van der Waals surface area contributed by atoms with Crippen LogP contribution < -0.4 is 11.5 Å². The zero-order chi connectivity index (χ0) is 12.6. The first-order valence-electron chi connectivity index (χ1n) is 4.58. The van der Waals surface area contributed by atoms with Crippen LogP contribution in [-0.4, -0.2) is 15.7 Å². The molecule has 0 bridgehead atoms. The summed E-state index contributed by atoms with van der Waals surface area (Å²) < 4.78 is 27.9. The Balaban J connectivity index is 2.56. The zero-order valence-corrected chi connectivity index (χ0v) is 8.52. The van der Waals surface area contributed by atoms with Crippen LogP contribution in [0, 0.1) is 11.6 Å². The minimum absolute atomic E-state index is 0.0361. The van der Waals surface area contributed by atoms with Gasteiger partial charge in [0.05, 0.1) is 11.8 Å². The molecule has 0 fully saturated rings. The van der Waals surface area contributed by atoms with Crippen molar-refractivity contribution in [2.45, 2.75) is 0 Å². The highest BCUT2D eigenvalue weighted by Crippen LogP contribution is 2.20. The van der Waals surface area contributed by atoms with Crippen molar-refractivity contribution in [3.05, 3.63) is 41.7 Å². The molecule has 0 saturated carbocycles. The van der Waals surface area contributed by atoms with Crippen molar-refractivity contribution in [1.29, 1.82) is 0 Å². The molecule has 0 saturated heterocycles. The molecule has 0 unspecified atom stereocenters. The Kier molecular flexibility index (Phi) is 2.51. The van der Waals surface area contributed by atoms with E-state index in [1.165, 1.54) is 0 Å². The van der Waals surface area contributed by atoms with Gasteiger partial charge in [0.15, 0.2) is 11.6 Å². The number of halogens is 2. The van der Waals surface area contributed by atoms with Gasteiger partial charge in [-0.05, 0) is 12.1 Å². The highest BCUT2D eigenvalue weighted by Gasteiger charge is 2.14. The Hall–Kier alpha value is -2.44. The molecule has 17 heavy (non-hydrogen) atoms. The maximum absolute atomic E-state index is 13.5. The minimum Gasteiger partial charge on any atom is -0.399 e. The Labute approximate surface area is 94.6 Å². The number of benzene rings is 1. The van der Waals surface area contributed by atoms with Crippen LogP contribution in [0.1, 0.15) is 10.4 Å². The van der Waals surface area contributed by atoms with Gasteiger partial charge in [-0.15, -0.1) is 0 Å². The molecule has 0 atom stereocenters. The quantitative estimate of drug-likeness (QED) is 0.760. The molecule has 2 rings (SSSR count). The molecule has 0 spiro atoms. The summed E-state index contributed by atoms with van der Waals surface area (Å²) >= 11 is 0. The van der Waals surface area contributed by atoms with Gasteiger partial charge in [-0.2, -0.15) is 5.10 Å². The van der Waals surface area contributed by atoms with Crippen molar-refractivity contribution in [1.82, 2.24) is 9.78 Å². The highest BCUT2D eigenvalue weighted by molar-refractivity contribution is 5.92. The lowest BCUT2D eigenvalue weighted by Gasteiger charge is -2.05. The van der Waals surface area contributed by atoms with Gasteiger partial charge in [-0.1, -0.05) is 0 Å². The standard InChI is InChI=1S/C10H8F2N4O/c11-7-1-6(13)2-8(12)9(7)16-4-5(3-15-16)10(14)17/h1-4H,13H2,(H2,14,17). The van der Waals surface area contributed by atoms with E-state index in [0.717, 1.165) is 29.2 Å². The Morgan fingerprint density at radius 2 is 1.88 bits per heavy atom. The van der Waals surface area contributed by atoms with E-state index in [9.17, 15) is 13.6 Å². The van der Waals surface area contributed by atoms with Gasteiger partial charge in [0, 0.05) is 11.9 Å². The second-order valence-corrected chi connectivity index (χ2v) is 3.37. The largest absolute Gasteiger partial charge is 0.399 e. The van der Waals surface area contributed by atoms with Crippen LogP contribution in [-0.2, 0) is 0 Å². The zero-order valence-electron chi connectivity index (χ0n) is 8.52. The Bertz CT molecular complexity index is 571. The molecular weight excluding hydrogens is 230 g/mol. The number of nitrogens with zero attached hydrogens (tertiary/aromatic N) is 2. The third kappa shape index (κ3) is 1.94. The number of carbonyl (C=O) groups is 1. The predicted octanol–water partition coefficient (Wildman–Crippen LogP) is 0.832. The van der Waals surface area contributed by atoms with Crippen molar-refractivity contribution >= 4 is 11.6 Å². The van der Waals surface area contributed by atoms with Crippen LogP contribution in [0.3, 0.4) is 0 Å². The predicted molar refractivity (Wildman–Crippen MR) is 56.4 cm³/mol. The molecule has 0 aliphatic heterocycles. The molecule has 1 aromatic carbocycles. The second kappa shape index (κ2) is 3.85. The summed E-state index contributed by atoms with van der Waals surface area (Å²) in [5.74, 6) is -2.48. The van der Waals surface area contributed by atoms with E-state index in [-0.39, 0.29) is 11.3 Å². The van der Waals surface area contributed by atoms with Crippen LogP contribution in [0.4, 0.5) is 14.5 Å². The number of hydrogen-bond acceptors (Lipinski definition) is 3. The number of nitrogen functional groups attached to an aromatic ring is 1. The van der Waals surface area contributed by atoms with Gasteiger partial charge in [0.1, 0.15) is 5.69 Å². The summed E-state index contributed by atoms with van der Waals surface area (Å²) in [6.45, 7) is 0. The summed E-state index contributed by atoms with van der Waals surface area (Å²) in [4.78, 5) is 10.8. The maximum Gasteiger partial charge on any atom is 0.251 e. The molecular formula is C10H8F2N4O. The van der Waals surface area contributed by atoms with Crippen molar-refractivity contribution in [3.63, 3.8) is 0 Å². The molecule has 0 aliphatic carbocycles. The molecule has 2 aromatic rings. The van der Waals surface area contributed by atoms with Crippen molar-refractivity contribution in [3.8, 4) is 5.69 Å². The van der Waals surface area contributed by atoms with Gasteiger partial charge in [-0.25, -0.2) is 13.5 Å². The molecule has 0 aliphatic rings. The Morgan fingerprint density at radius 3 is 2.35 bits per heavy atom. The monoisotopic (exact) mass is 238 g/mol. The van der Waals surface area contributed by atoms with Crippen LogP contribution in [0.5, 0.6) is 0 Å². The molecule has 1 aromatic heterocycles. The fourth-order valence-corrected chi connectivity index (χ4v) is 1.38. The summed E-state index contributed by atoms with van der Waals surface area (Å²) in [5, 5.41) is 3.65. The van der Waals surface area contributed by atoms with Crippen LogP contribution >= 0.6 is 0 Å². The highest BCUT2D eigenvalue weighted by atomic mass is 19.1. The summed E-state index contributed by atoms with van der Waals surface area (Å²) in [7, 11) is 0. The lowest BCUT2D eigenvalue weighted by atomic mass is 10.2. The fraction of sp³-hybridized carbons (Fsp3) is 0. The molecule has 0 radical (unpaired) electrons. The van der Waals surface area contributed by atoms with Crippen LogP contribution in [0.2, 0.25) is 0 Å². The molecule has 88 valence electrons. The van der Waals surface area contributed by atoms with Crippen molar-refractivity contribution in [2.24, 2.45) is 5.73 Å². The first kappa shape index (κ1) is 11.1. The van der Waals surface area contributed by atoms with Gasteiger partial charge < -0.3 is 11.5 Å². The lowest BCUT2D eigenvalue weighted by molar-refractivity contribution is 0.100. The molecule has 7 heteroatoms. The topological polar surface area (TPSA) is 86.9 Å². The number of carbonyl (C=O) groups excluding carboxylic acids is 1. The lowest BCUT2D eigenvalue weighted by Crippen LogP contribution is -2.09. The number of hydrogen-bond donors (Lipinski definition) is 2. The van der Waals surface area contributed by atoms with Gasteiger partial charge >= 0.3 is 0 Å². The average molecular weight is 238 g/mol. The summed E-state index contributed by atoms with van der Waals surface area (Å²) in [5.41, 5.74) is 9.89. The van der Waals surface area contributed by atoms with Crippen LogP contribution in [0.15, 0.2) is 24.5 Å². The van der Waals surface area contributed by atoms with Gasteiger partial charge in [0.2, 0.25) is 0 Å². The van der Waals surface area contributed by atoms with Crippen LogP contribution in [0.25, 0.3) is 5.69 Å². The van der Waals surface area contributed by atoms with Crippen molar-refractivity contribution < 1.29 is 13.6 Å². The van der Waals surface area contributed by atoms with Gasteiger partial charge in [-0.3, -0.25) is 4.79 Å². The number of aromatic nitrogens is 2. The SMILES string of the molecule is NC(=O)c1cnn(-c2c(F)cc(N)cc2F)c1. The van der Waals surface area contributed by atoms with E-state index in [1.807, 2.05) is 0 Å². The van der Waals surface area contributed by atoms with E-state index in [0.29, 0.717) is 0 Å². The number of nitrogens with two attached hydrogens (primary N) is 2. The second-order valence-electron chi connectivity index (χ2n) is 3.37. The van der Waals surface area contributed by atoms with Crippen molar-refractivity contribution in [2.75, 3.05) is 5.73 Å². The summed E-state index contributed by atoms with van der Waals surface area (Å²) in [6, 6.07) is 1.92. The van der Waals surface area contributed by atoms with E-state index in [1.54, 1.807) is 0 Å². The average Bonchev–Trinajstić information content (AvgIpc) is 2.65. The summed E-state index contributed by atoms with van der Waals surface area (Å²) in [6.07, 6.45) is 2.26. The third-order valence-electron chi connectivity index (χ3n) is 2.14. The molecule has 1 heterocycles. The first-order chi connectivity index (χ1) is 7.99. The number of primary amides is 1. The molecule has 5 nitrogen and oxygen atoms in total. The van der Waals surface area contributed by atoms with E-state index in [2.05, 4.69) is 5.10 Å². The fourth-order valence-electron chi connectivity index (χ4n) is 1.38. The van der Waals surface area contributed by atoms with E-state index in [4.69, 9.17) is 11.5 Å². The van der Waals surface area contributed by atoms with E-state index >= 15 is 0 Å². The first-order valence-corrected chi connectivity index (χ1v) is 4.58. The minimum atomic E-state index is -0.873. The Morgan fingerprint density at radius 1 is 1.29 bits per heavy atom. The smallest absolute Gasteiger partial charge is 0.251 e. The number of amides is 1. The number of anilines is 1. The third-order valence-corrected chi connectivity index (χ3v) is 2.14. The normalized spacial score (nSPS) is 10.5. The number of rotatable bonds is 2. The molecule has 4 N–H and O–H groups in total. The molecule has 1 amide bonds. The van der Waals surface area contributed by atoms with E-state index < -0.39 is 23.2 Å².